The van der Waals surface area contributed by atoms with E-state index in [4.69, 9.17) is 0 Å². The van der Waals surface area contributed by atoms with E-state index < -0.39 is 0 Å². The van der Waals surface area contributed by atoms with Crippen LogP contribution in [0, 0.1) is 0 Å². The van der Waals surface area contributed by atoms with Crippen molar-refractivity contribution >= 4 is 11.6 Å². The van der Waals surface area contributed by atoms with Gasteiger partial charge in [0.05, 0.1) is 0 Å². The second-order valence-corrected chi connectivity index (χ2v) is 8.07. The first-order chi connectivity index (χ1) is 14.8. The Morgan fingerprint density at radius 3 is 1.90 bits per heavy atom. The van der Waals surface area contributed by atoms with Gasteiger partial charge in [0.25, 0.3) is 0 Å². The lowest BCUT2D eigenvalue weighted by molar-refractivity contribution is -0.121. The van der Waals surface area contributed by atoms with Crippen LogP contribution in [0.25, 0.3) is 0 Å². The lowest BCUT2D eigenvalue weighted by Gasteiger charge is -2.28. The van der Waals surface area contributed by atoms with Crippen LogP contribution in [-0.4, -0.2) is 19.0 Å². The van der Waals surface area contributed by atoms with Gasteiger partial charge in [0.1, 0.15) is 0 Å². The predicted molar refractivity (Wildman–Crippen MR) is 124 cm³/mol. The van der Waals surface area contributed by atoms with E-state index in [1.807, 2.05) is 36.4 Å². The summed E-state index contributed by atoms with van der Waals surface area (Å²) in [6, 6.07) is 29.2. The first kappa shape index (κ1) is 20.2. The van der Waals surface area contributed by atoms with E-state index in [1.165, 1.54) is 36.1 Å². The molecule has 30 heavy (non-hydrogen) atoms. The molecule has 4 rings (SSSR count). The van der Waals surface area contributed by atoms with E-state index in [2.05, 4.69) is 58.7 Å². The van der Waals surface area contributed by atoms with Gasteiger partial charge in [-0.2, -0.15) is 0 Å². The largest absolute Gasteiger partial charge is 0.372 e. The number of rotatable bonds is 7. The Morgan fingerprint density at radius 1 is 0.767 bits per heavy atom. The van der Waals surface area contributed by atoms with Crippen LogP contribution in [0.1, 0.15) is 48.3 Å². The lowest BCUT2D eigenvalue weighted by atomic mass is 9.88. The highest BCUT2D eigenvalue weighted by Crippen LogP contribution is 2.28. The van der Waals surface area contributed by atoms with Gasteiger partial charge in [-0.3, -0.25) is 4.79 Å². The summed E-state index contributed by atoms with van der Waals surface area (Å²) in [5, 5.41) is 3.12. The topological polar surface area (TPSA) is 32.3 Å². The molecular formula is C27H30N2O. The Morgan fingerprint density at radius 2 is 1.33 bits per heavy atom. The number of hydrogen-bond donors (Lipinski definition) is 1. The molecule has 1 aliphatic heterocycles. The van der Waals surface area contributed by atoms with E-state index in [-0.39, 0.29) is 11.8 Å². The highest BCUT2D eigenvalue weighted by atomic mass is 16.1. The van der Waals surface area contributed by atoms with Gasteiger partial charge < -0.3 is 10.2 Å². The average molecular weight is 399 g/mol. The summed E-state index contributed by atoms with van der Waals surface area (Å²) in [4.78, 5) is 15.2. The third-order valence-electron chi connectivity index (χ3n) is 5.94. The van der Waals surface area contributed by atoms with Crippen molar-refractivity contribution in [2.75, 3.05) is 18.0 Å². The van der Waals surface area contributed by atoms with Crippen LogP contribution in [-0.2, 0) is 11.3 Å². The van der Waals surface area contributed by atoms with E-state index in [1.54, 1.807) is 0 Å². The van der Waals surface area contributed by atoms with Crippen LogP contribution in [0.5, 0.6) is 0 Å². The first-order valence-electron chi connectivity index (χ1n) is 11.0. The van der Waals surface area contributed by atoms with Crippen LogP contribution in [0.4, 0.5) is 5.69 Å². The zero-order valence-corrected chi connectivity index (χ0v) is 17.5. The number of amides is 1. The van der Waals surface area contributed by atoms with Crippen molar-refractivity contribution < 1.29 is 4.79 Å². The van der Waals surface area contributed by atoms with Crippen LogP contribution in [0.2, 0.25) is 0 Å². The monoisotopic (exact) mass is 398 g/mol. The number of nitrogens with one attached hydrogen (secondary N) is 1. The smallest absolute Gasteiger partial charge is 0.221 e. The molecular weight excluding hydrogens is 368 g/mol. The predicted octanol–water partition coefficient (Wildman–Crippen LogP) is 5.52. The van der Waals surface area contributed by atoms with Crippen LogP contribution in [0.3, 0.4) is 0 Å². The Balaban J connectivity index is 1.37. The maximum atomic E-state index is 12.8. The molecule has 1 heterocycles. The summed E-state index contributed by atoms with van der Waals surface area (Å²) < 4.78 is 0. The number of nitrogens with zero attached hydrogens (tertiary/aromatic N) is 1. The fraction of sp³-hybridized carbons (Fsp3) is 0.296. The molecule has 0 saturated carbocycles. The minimum Gasteiger partial charge on any atom is -0.372 e. The molecule has 0 aromatic heterocycles. The van der Waals surface area contributed by atoms with E-state index in [0.29, 0.717) is 13.0 Å². The minimum atomic E-state index is 0.0638. The third-order valence-corrected chi connectivity index (χ3v) is 5.94. The second-order valence-electron chi connectivity index (χ2n) is 8.07. The molecule has 0 bridgehead atoms. The van der Waals surface area contributed by atoms with Crippen LogP contribution in [0.15, 0.2) is 84.9 Å². The summed E-state index contributed by atoms with van der Waals surface area (Å²) in [7, 11) is 0. The molecule has 1 N–H and O–H groups in total. The van der Waals surface area contributed by atoms with Crippen molar-refractivity contribution in [3.8, 4) is 0 Å². The number of piperidine rings is 1. The normalized spacial score (nSPS) is 14.0. The summed E-state index contributed by atoms with van der Waals surface area (Å²) in [5.74, 6) is 0.140. The van der Waals surface area contributed by atoms with Gasteiger partial charge in [-0.1, -0.05) is 72.8 Å². The highest BCUT2D eigenvalue weighted by Gasteiger charge is 2.18. The van der Waals surface area contributed by atoms with Crippen LogP contribution >= 0.6 is 0 Å². The quantitative estimate of drug-likeness (QED) is 0.569. The van der Waals surface area contributed by atoms with Crippen molar-refractivity contribution in [3.05, 3.63) is 102 Å². The fourth-order valence-electron chi connectivity index (χ4n) is 4.23. The van der Waals surface area contributed by atoms with Gasteiger partial charge in [-0.05, 0) is 48.1 Å². The van der Waals surface area contributed by atoms with E-state index >= 15 is 0 Å². The van der Waals surface area contributed by atoms with Gasteiger partial charge in [-0.25, -0.2) is 0 Å². The highest BCUT2D eigenvalue weighted by molar-refractivity contribution is 5.77. The van der Waals surface area contributed by atoms with Gasteiger partial charge in [-0.15, -0.1) is 0 Å². The summed E-state index contributed by atoms with van der Waals surface area (Å²) >= 11 is 0. The standard InChI is InChI=1S/C27H30N2O/c30-27(20-26(23-10-4-1-5-11-23)24-12-6-2-7-13-24)28-21-22-14-16-25(17-15-22)29-18-8-3-9-19-29/h1-2,4-7,10-17,26H,3,8-9,18-21H2,(H,28,30). The molecule has 3 heteroatoms. The van der Waals surface area contributed by atoms with E-state index in [9.17, 15) is 4.79 Å². The molecule has 3 nitrogen and oxygen atoms in total. The average Bonchev–Trinajstić information content (AvgIpc) is 2.83. The number of hydrogen-bond acceptors (Lipinski definition) is 2. The number of carbonyl (C=O) groups is 1. The van der Waals surface area contributed by atoms with Crippen molar-refractivity contribution in [2.45, 2.75) is 38.1 Å². The molecule has 0 radical (unpaired) electrons. The first-order valence-corrected chi connectivity index (χ1v) is 11.0. The molecule has 1 saturated heterocycles. The summed E-state index contributed by atoms with van der Waals surface area (Å²) in [5.41, 5.74) is 4.77. The fourth-order valence-corrected chi connectivity index (χ4v) is 4.23. The number of anilines is 1. The van der Waals surface area contributed by atoms with Crippen molar-refractivity contribution in [1.29, 1.82) is 0 Å². The van der Waals surface area contributed by atoms with Crippen molar-refractivity contribution in [1.82, 2.24) is 5.32 Å². The molecule has 3 aromatic rings. The molecule has 154 valence electrons. The molecule has 1 aliphatic rings. The Hall–Kier alpha value is -3.07. The molecule has 1 fully saturated rings. The molecule has 0 aliphatic carbocycles. The summed E-state index contributed by atoms with van der Waals surface area (Å²) in [6.07, 6.45) is 4.34. The summed E-state index contributed by atoms with van der Waals surface area (Å²) in [6.45, 7) is 2.86. The zero-order valence-electron chi connectivity index (χ0n) is 17.5. The number of benzene rings is 3. The molecule has 3 aromatic carbocycles. The Bertz CT molecular complexity index is 877. The zero-order chi connectivity index (χ0) is 20.6. The second kappa shape index (κ2) is 10.1. The van der Waals surface area contributed by atoms with Gasteiger partial charge in [0, 0.05) is 37.7 Å². The van der Waals surface area contributed by atoms with Crippen molar-refractivity contribution in [2.24, 2.45) is 0 Å². The van der Waals surface area contributed by atoms with Crippen molar-refractivity contribution in [3.63, 3.8) is 0 Å². The molecule has 0 unspecified atom stereocenters. The molecule has 0 spiro atoms. The SMILES string of the molecule is O=C(CC(c1ccccc1)c1ccccc1)NCc1ccc(N2CCCCC2)cc1. The third kappa shape index (κ3) is 5.29. The Labute approximate surface area is 179 Å². The minimum absolute atomic E-state index is 0.0638. The maximum Gasteiger partial charge on any atom is 0.221 e. The van der Waals surface area contributed by atoms with Gasteiger partial charge in [0.2, 0.25) is 5.91 Å². The number of carbonyl (C=O) groups excluding carboxylic acids is 1. The Kier molecular flexibility index (Phi) is 6.81. The van der Waals surface area contributed by atoms with Crippen LogP contribution < -0.4 is 10.2 Å². The maximum absolute atomic E-state index is 12.8. The molecule has 1 amide bonds. The van der Waals surface area contributed by atoms with E-state index in [0.717, 1.165) is 18.7 Å². The van der Waals surface area contributed by atoms with Gasteiger partial charge in [0.15, 0.2) is 0 Å². The molecule has 0 atom stereocenters. The van der Waals surface area contributed by atoms with Gasteiger partial charge >= 0.3 is 0 Å². The lowest BCUT2D eigenvalue weighted by Crippen LogP contribution is -2.29.